The molecule has 0 amide bonds. The number of carboxylic acid groups (broad SMARTS) is 1. The molecule has 0 radical (unpaired) electrons. The van der Waals surface area contributed by atoms with Gasteiger partial charge in [0.1, 0.15) is 10.8 Å². The lowest BCUT2D eigenvalue weighted by atomic mass is 10.2. The third-order valence-corrected chi connectivity index (χ3v) is 3.31. The molecular weight excluding hydrogens is 252 g/mol. The van der Waals surface area contributed by atoms with Gasteiger partial charge in [-0.25, -0.2) is 14.8 Å². The van der Waals surface area contributed by atoms with Crippen LogP contribution in [0.4, 0.5) is 11.5 Å². The molecule has 2 aromatic rings. The number of anilines is 2. The van der Waals surface area contributed by atoms with E-state index in [2.05, 4.69) is 15.3 Å². The fourth-order valence-electron chi connectivity index (χ4n) is 1.46. The SMILES string of the molecule is CC(Nc1cc(C(=O)O)c(N)cn1)c1nccs1. The number of nitrogens with two attached hydrogens (primary N) is 1. The van der Waals surface area contributed by atoms with Gasteiger partial charge in [0.25, 0.3) is 0 Å². The maximum atomic E-state index is 10.9. The zero-order chi connectivity index (χ0) is 13.1. The number of hydrogen-bond donors (Lipinski definition) is 3. The number of thiazole rings is 1. The monoisotopic (exact) mass is 264 g/mol. The van der Waals surface area contributed by atoms with Crippen molar-refractivity contribution in [3.8, 4) is 0 Å². The normalized spacial score (nSPS) is 12.1. The molecule has 0 aliphatic rings. The van der Waals surface area contributed by atoms with E-state index in [0.29, 0.717) is 5.82 Å². The van der Waals surface area contributed by atoms with Gasteiger partial charge in [0, 0.05) is 11.6 Å². The average molecular weight is 264 g/mol. The van der Waals surface area contributed by atoms with Crippen LogP contribution in [-0.4, -0.2) is 21.0 Å². The molecule has 94 valence electrons. The molecule has 0 saturated heterocycles. The number of aromatic nitrogens is 2. The largest absolute Gasteiger partial charge is 0.478 e. The lowest BCUT2D eigenvalue weighted by Crippen LogP contribution is -2.10. The van der Waals surface area contributed by atoms with Crippen LogP contribution in [0.2, 0.25) is 0 Å². The van der Waals surface area contributed by atoms with Crippen molar-refractivity contribution in [2.75, 3.05) is 11.1 Å². The highest BCUT2D eigenvalue weighted by atomic mass is 32.1. The van der Waals surface area contributed by atoms with Crippen molar-refractivity contribution in [3.05, 3.63) is 34.4 Å². The molecular formula is C11H12N4O2S. The summed E-state index contributed by atoms with van der Waals surface area (Å²) in [6.07, 6.45) is 3.05. The Bertz CT molecular complexity index is 556. The lowest BCUT2D eigenvalue weighted by Gasteiger charge is -2.12. The van der Waals surface area contributed by atoms with Crippen LogP contribution in [0.5, 0.6) is 0 Å². The van der Waals surface area contributed by atoms with Crippen molar-refractivity contribution < 1.29 is 9.90 Å². The van der Waals surface area contributed by atoms with Crippen molar-refractivity contribution in [2.24, 2.45) is 0 Å². The standard InChI is InChI=1S/C11H12N4O2S/c1-6(10-13-2-3-18-10)15-9-4-7(11(16)17)8(12)5-14-9/h2-6H,12H2,1H3,(H,14,15)(H,16,17). The predicted molar refractivity (Wildman–Crippen MR) is 69.8 cm³/mol. The first-order chi connectivity index (χ1) is 8.58. The van der Waals surface area contributed by atoms with Gasteiger partial charge in [0.05, 0.1) is 23.5 Å². The topological polar surface area (TPSA) is 101 Å². The molecule has 2 heterocycles. The number of nitrogens with one attached hydrogen (secondary N) is 1. The highest BCUT2D eigenvalue weighted by Crippen LogP contribution is 2.21. The molecule has 7 heteroatoms. The van der Waals surface area contributed by atoms with E-state index >= 15 is 0 Å². The predicted octanol–water partition coefficient (Wildman–Crippen LogP) is 1.99. The van der Waals surface area contributed by atoms with Crippen LogP contribution in [0.25, 0.3) is 0 Å². The summed E-state index contributed by atoms with van der Waals surface area (Å²) < 4.78 is 0. The van der Waals surface area contributed by atoms with Crippen LogP contribution in [0.15, 0.2) is 23.8 Å². The summed E-state index contributed by atoms with van der Waals surface area (Å²) in [5, 5.41) is 14.8. The number of aromatic carboxylic acids is 1. The summed E-state index contributed by atoms with van der Waals surface area (Å²) in [7, 11) is 0. The van der Waals surface area contributed by atoms with Crippen LogP contribution in [0, 0.1) is 0 Å². The summed E-state index contributed by atoms with van der Waals surface area (Å²) in [5.74, 6) is -0.607. The minimum atomic E-state index is -1.07. The molecule has 0 fully saturated rings. The molecule has 1 unspecified atom stereocenters. The molecule has 18 heavy (non-hydrogen) atoms. The number of nitrogens with zero attached hydrogens (tertiary/aromatic N) is 2. The third kappa shape index (κ3) is 2.57. The second kappa shape index (κ2) is 5.01. The molecule has 0 spiro atoms. The number of pyridine rings is 1. The minimum absolute atomic E-state index is 0.0391. The zero-order valence-corrected chi connectivity index (χ0v) is 10.4. The Morgan fingerprint density at radius 3 is 2.94 bits per heavy atom. The summed E-state index contributed by atoms with van der Waals surface area (Å²) in [6.45, 7) is 1.93. The summed E-state index contributed by atoms with van der Waals surface area (Å²) in [5.41, 5.74) is 5.72. The highest BCUT2D eigenvalue weighted by molar-refractivity contribution is 7.09. The van der Waals surface area contributed by atoms with E-state index in [1.54, 1.807) is 6.20 Å². The number of carbonyl (C=O) groups is 1. The van der Waals surface area contributed by atoms with Crippen molar-refractivity contribution in [3.63, 3.8) is 0 Å². The maximum absolute atomic E-state index is 10.9. The number of carboxylic acids is 1. The lowest BCUT2D eigenvalue weighted by molar-refractivity contribution is 0.0698. The molecule has 6 nitrogen and oxygen atoms in total. The Kier molecular flexibility index (Phi) is 3.42. The van der Waals surface area contributed by atoms with E-state index in [4.69, 9.17) is 10.8 Å². The fraction of sp³-hybridized carbons (Fsp3) is 0.182. The molecule has 2 rings (SSSR count). The summed E-state index contributed by atoms with van der Waals surface area (Å²) in [4.78, 5) is 19.2. The Morgan fingerprint density at radius 2 is 2.33 bits per heavy atom. The molecule has 0 aliphatic carbocycles. The Labute approximate surface area is 108 Å². The summed E-state index contributed by atoms with van der Waals surface area (Å²) in [6, 6.07) is 1.38. The van der Waals surface area contributed by atoms with Crippen LogP contribution in [0.1, 0.15) is 28.3 Å². The smallest absolute Gasteiger partial charge is 0.337 e. The Hall–Kier alpha value is -2.15. The van der Waals surface area contributed by atoms with Crippen LogP contribution in [-0.2, 0) is 0 Å². The second-order valence-corrected chi connectivity index (χ2v) is 4.62. The van der Waals surface area contributed by atoms with Gasteiger partial charge in [-0.2, -0.15) is 0 Å². The molecule has 2 aromatic heterocycles. The van der Waals surface area contributed by atoms with Crippen molar-refractivity contribution >= 4 is 28.8 Å². The van der Waals surface area contributed by atoms with E-state index in [9.17, 15) is 4.79 Å². The number of rotatable bonds is 4. The molecule has 0 aromatic carbocycles. The van der Waals surface area contributed by atoms with Crippen LogP contribution < -0.4 is 11.1 Å². The highest BCUT2D eigenvalue weighted by Gasteiger charge is 2.12. The Morgan fingerprint density at radius 1 is 1.56 bits per heavy atom. The first-order valence-electron chi connectivity index (χ1n) is 5.22. The van der Waals surface area contributed by atoms with Crippen molar-refractivity contribution in [1.82, 2.24) is 9.97 Å². The van der Waals surface area contributed by atoms with Gasteiger partial charge in [0.2, 0.25) is 0 Å². The zero-order valence-electron chi connectivity index (χ0n) is 9.62. The van der Waals surface area contributed by atoms with Gasteiger partial charge in [-0.15, -0.1) is 11.3 Å². The molecule has 1 atom stereocenters. The van der Waals surface area contributed by atoms with Gasteiger partial charge in [-0.05, 0) is 13.0 Å². The molecule has 0 bridgehead atoms. The molecule has 0 aliphatic heterocycles. The van der Waals surface area contributed by atoms with Gasteiger partial charge in [-0.3, -0.25) is 0 Å². The third-order valence-electron chi connectivity index (χ3n) is 2.35. The van der Waals surface area contributed by atoms with E-state index in [1.807, 2.05) is 12.3 Å². The van der Waals surface area contributed by atoms with E-state index in [-0.39, 0.29) is 17.3 Å². The average Bonchev–Trinajstić information content (AvgIpc) is 2.85. The number of hydrogen-bond acceptors (Lipinski definition) is 6. The van der Waals surface area contributed by atoms with E-state index in [0.717, 1.165) is 5.01 Å². The van der Waals surface area contributed by atoms with Crippen LogP contribution in [0.3, 0.4) is 0 Å². The van der Waals surface area contributed by atoms with E-state index in [1.165, 1.54) is 23.6 Å². The first-order valence-corrected chi connectivity index (χ1v) is 6.10. The molecule has 4 N–H and O–H groups in total. The van der Waals surface area contributed by atoms with E-state index < -0.39 is 5.97 Å². The number of nitrogen functional groups attached to an aromatic ring is 1. The minimum Gasteiger partial charge on any atom is -0.478 e. The van der Waals surface area contributed by atoms with Gasteiger partial charge < -0.3 is 16.2 Å². The second-order valence-electron chi connectivity index (χ2n) is 3.70. The quantitative estimate of drug-likeness (QED) is 0.780. The van der Waals surface area contributed by atoms with Crippen molar-refractivity contribution in [2.45, 2.75) is 13.0 Å². The Balaban J connectivity index is 2.20. The fourth-order valence-corrected chi connectivity index (χ4v) is 2.11. The van der Waals surface area contributed by atoms with Gasteiger partial charge in [-0.1, -0.05) is 0 Å². The van der Waals surface area contributed by atoms with Crippen LogP contribution >= 0.6 is 11.3 Å². The first kappa shape index (κ1) is 12.3. The van der Waals surface area contributed by atoms with Crippen molar-refractivity contribution in [1.29, 1.82) is 0 Å². The molecule has 0 saturated carbocycles. The maximum Gasteiger partial charge on any atom is 0.337 e. The van der Waals surface area contributed by atoms with Gasteiger partial charge in [0.15, 0.2) is 0 Å². The summed E-state index contributed by atoms with van der Waals surface area (Å²) >= 11 is 1.52. The van der Waals surface area contributed by atoms with Gasteiger partial charge >= 0.3 is 5.97 Å².